The standard InChI is InChI=1S/C25H32O2/c1-25-14-13-21-20-10-8-19(27-16-17-5-3-2-4-6-17)15-18(20)7-9-22(21)23(25)11-12-24(25)26/h2-6,11-12,18-23H,7-10,13-16H2,1H3/t18?,19?,20-,21+,22+,23-,25-/m0/s1. The van der Waals surface area contributed by atoms with Crippen molar-refractivity contribution >= 4 is 5.78 Å². The van der Waals surface area contributed by atoms with Crippen molar-refractivity contribution < 1.29 is 9.53 Å². The Hall–Kier alpha value is -1.41. The first kappa shape index (κ1) is 17.7. The number of carbonyl (C=O) groups is 1. The van der Waals surface area contributed by atoms with Crippen LogP contribution in [0.5, 0.6) is 0 Å². The molecule has 2 unspecified atom stereocenters. The van der Waals surface area contributed by atoms with Crippen LogP contribution in [0.3, 0.4) is 0 Å². The Morgan fingerprint density at radius 3 is 2.67 bits per heavy atom. The quantitative estimate of drug-likeness (QED) is 0.701. The number of fused-ring (bicyclic) bond motifs is 5. The van der Waals surface area contributed by atoms with Crippen LogP contribution >= 0.6 is 0 Å². The van der Waals surface area contributed by atoms with Gasteiger partial charge in [0.25, 0.3) is 0 Å². The zero-order valence-electron chi connectivity index (χ0n) is 16.5. The lowest BCUT2D eigenvalue weighted by atomic mass is 9.50. The van der Waals surface area contributed by atoms with Gasteiger partial charge >= 0.3 is 0 Å². The van der Waals surface area contributed by atoms with E-state index in [1.165, 1.54) is 44.1 Å². The minimum Gasteiger partial charge on any atom is -0.374 e. The number of hydrogen-bond acceptors (Lipinski definition) is 2. The van der Waals surface area contributed by atoms with E-state index < -0.39 is 0 Å². The van der Waals surface area contributed by atoms with Gasteiger partial charge in [0.05, 0.1) is 12.7 Å². The lowest BCUT2D eigenvalue weighted by Crippen LogP contribution is -2.49. The van der Waals surface area contributed by atoms with Crippen LogP contribution in [0.2, 0.25) is 0 Å². The summed E-state index contributed by atoms with van der Waals surface area (Å²) in [5.74, 6) is 4.20. The molecule has 2 heteroatoms. The molecule has 0 spiro atoms. The summed E-state index contributed by atoms with van der Waals surface area (Å²) in [7, 11) is 0. The van der Waals surface area contributed by atoms with Crippen LogP contribution in [0.4, 0.5) is 0 Å². The molecule has 0 amide bonds. The average molecular weight is 365 g/mol. The molecule has 0 bridgehead atoms. The Morgan fingerprint density at radius 2 is 1.81 bits per heavy atom. The van der Waals surface area contributed by atoms with Gasteiger partial charge in [-0.25, -0.2) is 0 Å². The van der Waals surface area contributed by atoms with Crippen LogP contribution in [0, 0.1) is 35.0 Å². The van der Waals surface area contributed by atoms with Crippen molar-refractivity contribution in [3.63, 3.8) is 0 Å². The summed E-state index contributed by atoms with van der Waals surface area (Å²) < 4.78 is 6.30. The van der Waals surface area contributed by atoms with Gasteiger partial charge in [-0.2, -0.15) is 0 Å². The minimum atomic E-state index is -0.0794. The van der Waals surface area contributed by atoms with Crippen molar-refractivity contribution in [2.75, 3.05) is 0 Å². The molecular weight excluding hydrogens is 332 g/mol. The van der Waals surface area contributed by atoms with Crippen LogP contribution in [-0.4, -0.2) is 11.9 Å². The average Bonchev–Trinajstić information content (AvgIpc) is 3.01. The summed E-state index contributed by atoms with van der Waals surface area (Å²) in [6.45, 7) is 2.99. The van der Waals surface area contributed by atoms with Crippen molar-refractivity contribution in [1.29, 1.82) is 0 Å². The highest BCUT2D eigenvalue weighted by Crippen LogP contribution is 2.59. The molecule has 0 N–H and O–H groups in total. The fourth-order valence-electron chi connectivity index (χ4n) is 7.02. The van der Waals surface area contributed by atoms with Crippen molar-refractivity contribution in [2.24, 2.45) is 35.0 Å². The number of rotatable bonds is 3. The van der Waals surface area contributed by atoms with E-state index >= 15 is 0 Å². The van der Waals surface area contributed by atoms with Gasteiger partial charge in [-0.1, -0.05) is 43.3 Å². The van der Waals surface area contributed by atoms with Gasteiger partial charge in [-0.3, -0.25) is 4.79 Å². The SMILES string of the molecule is C[C@]12CC[C@H]3[C@@H](CCC4CC(OCc5ccccc5)CC[C@@H]43)[C@@H]1C=CC2=O. The van der Waals surface area contributed by atoms with Gasteiger partial charge in [-0.15, -0.1) is 0 Å². The summed E-state index contributed by atoms with van der Waals surface area (Å²) in [4.78, 5) is 12.4. The van der Waals surface area contributed by atoms with Gasteiger partial charge < -0.3 is 4.74 Å². The summed E-state index contributed by atoms with van der Waals surface area (Å²) >= 11 is 0. The largest absolute Gasteiger partial charge is 0.374 e. The summed E-state index contributed by atoms with van der Waals surface area (Å²) in [6.07, 6.45) is 13.4. The molecule has 144 valence electrons. The van der Waals surface area contributed by atoms with Crippen LogP contribution in [0.25, 0.3) is 0 Å². The lowest BCUT2D eigenvalue weighted by Gasteiger charge is -2.54. The molecule has 4 aliphatic rings. The van der Waals surface area contributed by atoms with Crippen LogP contribution < -0.4 is 0 Å². The van der Waals surface area contributed by atoms with E-state index in [0.29, 0.717) is 17.8 Å². The maximum absolute atomic E-state index is 12.4. The first-order valence-corrected chi connectivity index (χ1v) is 11.0. The Morgan fingerprint density at radius 1 is 1.00 bits per heavy atom. The van der Waals surface area contributed by atoms with Gasteiger partial charge in [0, 0.05) is 5.41 Å². The monoisotopic (exact) mass is 364 g/mol. The third-order valence-electron chi connectivity index (χ3n) is 8.50. The molecule has 0 saturated heterocycles. The summed E-state index contributed by atoms with van der Waals surface area (Å²) in [5.41, 5.74) is 1.21. The predicted molar refractivity (Wildman–Crippen MR) is 107 cm³/mol. The molecule has 4 aliphatic carbocycles. The maximum atomic E-state index is 12.4. The van der Waals surface area contributed by atoms with Gasteiger partial charge in [0.2, 0.25) is 0 Å². The lowest BCUT2D eigenvalue weighted by molar-refractivity contribution is -0.131. The molecule has 27 heavy (non-hydrogen) atoms. The molecule has 1 aromatic carbocycles. The molecule has 1 aromatic rings. The van der Waals surface area contributed by atoms with Crippen molar-refractivity contribution in [2.45, 2.75) is 64.6 Å². The first-order valence-electron chi connectivity index (χ1n) is 11.0. The van der Waals surface area contributed by atoms with E-state index in [-0.39, 0.29) is 5.41 Å². The Labute approximate surface area is 163 Å². The zero-order valence-corrected chi connectivity index (χ0v) is 16.5. The summed E-state index contributed by atoms with van der Waals surface area (Å²) in [5, 5.41) is 0. The number of hydrogen-bond donors (Lipinski definition) is 0. The number of ketones is 1. The van der Waals surface area contributed by atoms with Gasteiger partial charge in [0.15, 0.2) is 5.78 Å². The zero-order chi connectivity index (χ0) is 18.4. The smallest absolute Gasteiger partial charge is 0.161 e. The highest BCUT2D eigenvalue weighted by Gasteiger charge is 2.55. The third kappa shape index (κ3) is 3.01. The predicted octanol–water partition coefficient (Wildman–Crippen LogP) is 5.57. The van der Waals surface area contributed by atoms with E-state index in [1.807, 2.05) is 6.08 Å². The molecule has 0 heterocycles. The van der Waals surface area contributed by atoms with E-state index in [1.54, 1.807) is 0 Å². The third-order valence-corrected chi connectivity index (χ3v) is 8.50. The fourth-order valence-corrected chi connectivity index (χ4v) is 7.02. The topological polar surface area (TPSA) is 26.3 Å². The number of allylic oxidation sites excluding steroid dienone is 2. The highest BCUT2D eigenvalue weighted by atomic mass is 16.5. The molecule has 3 fully saturated rings. The number of ether oxygens (including phenoxy) is 1. The van der Waals surface area contributed by atoms with Crippen LogP contribution in [-0.2, 0) is 16.1 Å². The van der Waals surface area contributed by atoms with Crippen molar-refractivity contribution in [3.05, 3.63) is 48.0 Å². The second kappa shape index (κ2) is 6.88. The molecular formula is C25H32O2. The van der Waals surface area contributed by atoms with Crippen molar-refractivity contribution in [3.8, 4) is 0 Å². The summed E-state index contributed by atoms with van der Waals surface area (Å²) in [6, 6.07) is 10.6. The van der Waals surface area contributed by atoms with Crippen molar-refractivity contribution in [1.82, 2.24) is 0 Å². The molecule has 2 nitrogen and oxygen atoms in total. The van der Waals surface area contributed by atoms with E-state index in [9.17, 15) is 4.79 Å². The molecule has 7 atom stereocenters. The van der Waals surface area contributed by atoms with Gasteiger partial charge in [-0.05, 0) is 86.2 Å². The fraction of sp³-hybridized carbons (Fsp3) is 0.640. The number of carbonyl (C=O) groups excluding carboxylic acids is 1. The normalized spacial score (nSPS) is 43.1. The molecule has 0 aliphatic heterocycles. The second-order valence-corrected chi connectivity index (χ2v) is 9.77. The molecule has 3 saturated carbocycles. The van der Waals surface area contributed by atoms with Crippen LogP contribution in [0.15, 0.2) is 42.5 Å². The number of benzene rings is 1. The van der Waals surface area contributed by atoms with Gasteiger partial charge in [0.1, 0.15) is 0 Å². The highest BCUT2D eigenvalue weighted by molar-refractivity contribution is 5.97. The molecule has 5 rings (SSSR count). The minimum absolute atomic E-state index is 0.0794. The molecule has 0 radical (unpaired) electrons. The maximum Gasteiger partial charge on any atom is 0.161 e. The Kier molecular flexibility index (Phi) is 4.50. The van der Waals surface area contributed by atoms with E-state index in [0.717, 1.165) is 36.7 Å². The molecule has 0 aromatic heterocycles. The second-order valence-electron chi connectivity index (χ2n) is 9.77. The van der Waals surface area contributed by atoms with E-state index in [4.69, 9.17) is 4.74 Å². The Bertz CT molecular complexity index is 723. The Balaban J connectivity index is 1.23. The first-order chi connectivity index (χ1) is 13.1. The van der Waals surface area contributed by atoms with Crippen LogP contribution in [0.1, 0.15) is 57.4 Å². The van der Waals surface area contributed by atoms with E-state index in [2.05, 4.69) is 43.3 Å².